The first-order chi connectivity index (χ1) is 11.6. The molecule has 6 heteroatoms. The first-order valence-corrected chi connectivity index (χ1v) is 8.02. The van der Waals surface area contributed by atoms with E-state index in [-0.39, 0.29) is 5.82 Å². The number of nitrogens with zero attached hydrogens (tertiary/aromatic N) is 2. The normalized spacial score (nSPS) is 12.4. The highest BCUT2D eigenvalue weighted by molar-refractivity contribution is 8.02. The van der Waals surface area contributed by atoms with Crippen molar-refractivity contribution in [3.8, 4) is 11.4 Å². The van der Waals surface area contributed by atoms with E-state index in [4.69, 9.17) is 0 Å². The van der Waals surface area contributed by atoms with Gasteiger partial charge in [-0.05, 0) is 12.1 Å². The number of imidazole rings is 1. The van der Waals surface area contributed by atoms with Crippen LogP contribution >= 0.6 is 11.8 Å². The van der Waals surface area contributed by atoms with E-state index in [1.807, 2.05) is 12.1 Å². The Bertz CT molecular complexity index is 824. The molecule has 1 heterocycles. The van der Waals surface area contributed by atoms with Crippen LogP contribution in [0.25, 0.3) is 17.1 Å². The summed E-state index contributed by atoms with van der Waals surface area (Å²) in [5, 5.41) is 1.11. The highest BCUT2D eigenvalue weighted by atomic mass is 32.2. The Morgan fingerprint density at radius 2 is 1.58 bits per heavy atom. The van der Waals surface area contributed by atoms with E-state index in [1.54, 1.807) is 48.5 Å². The monoisotopic (exact) mass is 346 g/mol. The van der Waals surface area contributed by atoms with Gasteiger partial charge in [-0.15, -0.1) is 0 Å². The van der Waals surface area contributed by atoms with Crippen molar-refractivity contribution in [2.45, 2.75) is 11.1 Å². The number of hydrogen-bond donors (Lipinski definition) is 0. The third kappa shape index (κ3) is 3.71. The van der Waals surface area contributed by atoms with Crippen molar-refractivity contribution in [3.05, 3.63) is 78.5 Å². The number of alkyl halides is 3. The third-order valence-electron chi connectivity index (χ3n) is 3.27. The van der Waals surface area contributed by atoms with Crippen molar-refractivity contribution < 1.29 is 13.2 Å². The summed E-state index contributed by atoms with van der Waals surface area (Å²) in [5.74, 6) is 0.257. The summed E-state index contributed by atoms with van der Waals surface area (Å²) in [6.07, 6.45) is -1.80. The first kappa shape index (κ1) is 16.4. The first-order valence-electron chi connectivity index (χ1n) is 7.14. The molecule has 2 aromatic carbocycles. The summed E-state index contributed by atoms with van der Waals surface area (Å²) in [4.78, 5) is 4.83. The fraction of sp³-hybridized carbons (Fsp3) is 0.0556. The molecule has 0 aliphatic heterocycles. The second-order valence-corrected chi connectivity index (χ2v) is 5.86. The molecule has 0 N–H and O–H groups in total. The molecule has 0 aliphatic carbocycles. The Kier molecular flexibility index (Phi) is 4.76. The maximum atomic E-state index is 13.6. The summed E-state index contributed by atoms with van der Waals surface area (Å²) in [6.45, 7) is 0. The number of thioether (sulfide) groups is 1. The average molecular weight is 346 g/mol. The number of halogens is 3. The van der Waals surface area contributed by atoms with Gasteiger partial charge < -0.3 is 0 Å². The van der Waals surface area contributed by atoms with Gasteiger partial charge in [0.15, 0.2) is 0 Å². The molecule has 0 saturated carbocycles. The van der Waals surface area contributed by atoms with Crippen molar-refractivity contribution >= 4 is 17.5 Å². The van der Waals surface area contributed by atoms with Gasteiger partial charge in [-0.3, -0.25) is 4.57 Å². The van der Waals surface area contributed by atoms with Crippen molar-refractivity contribution in [2.24, 2.45) is 0 Å². The van der Waals surface area contributed by atoms with E-state index < -0.39 is 11.9 Å². The molecule has 0 radical (unpaired) electrons. The SMILES string of the molecule is FC(F)(F)/C(=C/Sc1ccccc1)n1ccnc1-c1ccccc1. The maximum absolute atomic E-state index is 13.6. The van der Waals surface area contributed by atoms with Gasteiger partial charge >= 0.3 is 6.18 Å². The lowest BCUT2D eigenvalue weighted by Gasteiger charge is -2.15. The highest BCUT2D eigenvalue weighted by Crippen LogP contribution is 2.35. The van der Waals surface area contributed by atoms with Gasteiger partial charge in [0.25, 0.3) is 0 Å². The van der Waals surface area contributed by atoms with Crippen LogP contribution in [0.5, 0.6) is 0 Å². The van der Waals surface area contributed by atoms with E-state index >= 15 is 0 Å². The molecule has 0 spiro atoms. The van der Waals surface area contributed by atoms with Crippen LogP contribution in [-0.4, -0.2) is 15.7 Å². The average Bonchev–Trinajstić information content (AvgIpc) is 3.05. The van der Waals surface area contributed by atoms with Crippen molar-refractivity contribution in [1.82, 2.24) is 9.55 Å². The van der Waals surface area contributed by atoms with Gasteiger partial charge in [0.1, 0.15) is 11.5 Å². The fourth-order valence-corrected chi connectivity index (χ4v) is 2.99. The van der Waals surface area contributed by atoms with Crippen LogP contribution in [0.2, 0.25) is 0 Å². The zero-order valence-corrected chi connectivity index (χ0v) is 13.3. The third-order valence-corrected chi connectivity index (χ3v) is 4.16. The Morgan fingerprint density at radius 3 is 2.21 bits per heavy atom. The van der Waals surface area contributed by atoms with Crippen molar-refractivity contribution in [1.29, 1.82) is 0 Å². The molecule has 0 bridgehead atoms. The Labute approximate surface area is 141 Å². The lowest BCUT2D eigenvalue weighted by Crippen LogP contribution is -2.16. The predicted molar refractivity (Wildman–Crippen MR) is 90.3 cm³/mol. The standard InChI is InChI=1S/C18H13F3N2S/c19-18(20,21)16(13-24-15-9-5-2-6-10-15)23-12-11-22-17(23)14-7-3-1-4-8-14/h1-13H/b16-13-. The Hall–Kier alpha value is -2.47. The highest BCUT2D eigenvalue weighted by Gasteiger charge is 2.36. The minimum atomic E-state index is -4.49. The van der Waals surface area contributed by atoms with Gasteiger partial charge in [0, 0.05) is 28.3 Å². The number of hydrogen-bond acceptors (Lipinski definition) is 2. The molecule has 2 nitrogen and oxygen atoms in total. The number of allylic oxidation sites excluding steroid dienone is 1. The van der Waals surface area contributed by atoms with Crippen LogP contribution < -0.4 is 0 Å². The van der Waals surface area contributed by atoms with E-state index in [0.717, 1.165) is 26.6 Å². The van der Waals surface area contributed by atoms with E-state index in [9.17, 15) is 13.2 Å². The molecule has 0 atom stereocenters. The van der Waals surface area contributed by atoms with Crippen molar-refractivity contribution in [2.75, 3.05) is 0 Å². The van der Waals surface area contributed by atoms with Crippen molar-refractivity contribution in [3.63, 3.8) is 0 Å². The summed E-state index contributed by atoms with van der Waals surface area (Å²) >= 11 is 1.03. The summed E-state index contributed by atoms with van der Waals surface area (Å²) in [6, 6.07) is 17.7. The summed E-state index contributed by atoms with van der Waals surface area (Å²) < 4.78 is 41.7. The van der Waals surface area contributed by atoms with Crippen LogP contribution in [-0.2, 0) is 0 Å². The molecule has 0 fully saturated rings. The van der Waals surface area contributed by atoms with Gasteiger partial charge in [0.05, 0.1) is 0 Å². The van der Waals surface area contributed by atoms with E-state index in [1.165, 1.54) is 12.4 Å². The maximum Gasteiger partial charge on any atom is 0.432 e. The van der Waals surface area contributed by atoms with Crippen LogP contribution in [0, 0.1) is 0 Å². The quantitative estimate of drug-likeness (QED) is 0.564. The van der Waals surface area contributed by atoms with Gasteiger partial charge in [-0.25, -0.2) is 4.98 Å². The van der Waals surface area contributed by atoms with Gasteiger partial charge in [-0.2, -0.15) is 13.2 Å². The molecule has 122 valence electrons. The Balaban J connectivity index is 2.01. The van der Waals surface area contributed by atoms with Crippen LogP contribution in [0.3, 0.4) is 0 Å². The number of rotatable bonds is 4. The van der Waals surface area contributed by atoms with E-state index in [2.05, 4.69) is 4.98 Å². The zero-order valence-electron chi connectivity index (χ0n) is 12.4. The molecule has 24 heavy (non-hydrogen) atoms. The predicted octanol–water partition coefficient (Wildman–Crippen LogP) is 5.70. The second-order valence-electron chi connectivity index (χ2n) is 4.92. The molecular weight excluding hydrogens is 333 g/mol. The number of aromatic nitrogens is 2. The van der Waals surface area contributed by atoms with Crippen LogP contribution in [0.1, 0.15) is 0 Å². The lowest BCUT2D eigenvalue weighted by molar-refractivity contribution is -0.0734. The molecule has 3 aromatic rings. The van der Waals surface area contributed by atoms with Crippen LogP contribution in [0.15, 0.2) is 83.4 Å². The van der Waals surface area contributed by atoms with E-state index in [0.29, 0.717) is 5.56 Å². The summed E-state index contributed by atoms with van der Waals surface area (Å²) in [7, 11) is 0. The molecule has 1 aromatic heterocycles. The smallest absolute Gasteiger partial charge is 0.295 e. The van der Waals surface area contributed by atoms with Gasteiger partial charge in [0.2, 0.25) is 0 Å². The van der Waals surface area contributed by atoms with Crippen LogP contribution in [0.4, 0.5) is 13.2 Å². The largest absolute Gasteiger partial charge is 0.432 e. The number of benzene rings is 2. The summed E-state index contributed by atoms with van der Waals surface area (Å²) in [5.41, 5.74) is -0.143. The minimum absolute atomic E-state index is 0.257. The molecule has 3 rings (SSSR count). The zero-order chi connectivity index (χ0) is 17.0. The minimum Gasteiger partial charge on any atom is -0.295 e. The lowest BCUT2D eigenvalue weighted by atomic mass is 10.2. The van der Waals surface area contributed by atoms with Gasteiger partial charge in [-0.1, -0.05) is 60.3 Å². The fourth-order valence-electron chi connectivity index (χ4n) is 2.18. The molecule has 0 amide bonds. The molecule has 0 unspecified atom stereocenters. The molecule has 0 saturated heterocycles. The second kappa shape index (κ2) is 6.97. The molecule has 0 aliphatic rings. The topological polar surface area (TPSA) is 17.8 Å². The Morgan fingerprint density at radius 1 is 0.958 bits per heavy atom. The molecular formula is C18H13F3N2S.